The summed E-state index contributed by atoms with van der Waals surface area (Å²) < 4.78 is 8.42. The lowest BCUT2D eigenvalue weighted by atomic mass is 9.73. The Morgan fingerprint density at radius 3 is 2.70 bits per heavy atom. The van der Waals surface area contributed by atoms with Crippen molar-refractivity contribution in [2.45, 2.75) is 43.9 Å². The van der Waals surface area contributed by atoms with Gasteiger partial charge < -0.3 is 9.30 Å². The van der Waals surface area contributed by atoms with Crippen LogP contribution in [-0.4, -0.2) is 21.6 Å². The van der Waals surface area contributed by atoms with Crippen LogP contribution in [0, 0.1) is 10.1 Å². The van der Waals surface area contributed by atoms with Crippen molar-refractivity contribution in [2.75, 3.05) is 6.61 Å². The van der Waals surface area contributed by atoms with Gasteiger partial charge in [-0.1, -0.05) is 48.5 Å². The number of fused-ring (bicyclic) bond motifs is 5. The first-order chi connectivity index (χ1) is 13.2. The van der Waals surface area contributed by atoms with Gasteiger partial charge in [-0.05, 0) is 24.5 Å². The van der Waals surface area contributed by atoms with Gasteiger partial charge in [-0.2, -0.15) is 0 Å². The Hall–Kier alpha value is -2.66. The van der Waals surface area contributed by atoms with Gasteiger partial charge in [0.25, 0.3) is 5.54 Å². The molecule has 1 fully saturated rings. The Morgan fingerprint density at radius 2 is 1.89 bits per heavy atom. The zero-order chi connectivity index (χ0) is 18.4. The molecule has 1 saturated heterocycles. The van der Waals surface area contributed by atoms with Crippen molar-refractivity contribution < 1.29 is 9.66 Å². The van der Waals surface area contributed by atoms with E-state index in [1.807, 2.05) is 18.2 Å². The first-order valence-electron chi connectivity index (χ1n) is 9.61. The molecule has 1 aliphatic heterocycles. The summed E-state index contributed by atoms with van der Waals surface area (Å²) in [4.78, 5) is 12.0. The molecule has 1 aliphatic carbocycles. The minimum atomic E-state index is -0.979. The van der Waals surface area contributed by atoms with E-state index >= 15 is 0 Å². The number of hydrogen-bond donors (Lipinski definition) is 0. The van der Waals surface area contributed by atoms with E-state index in [2.05, 4.69) is 41.0 Å². The zero-order valence-corrected chi connectivity index (χ0v) is 15.1. The quantitative estimate of drug-likeness (QED) is 0.509. The molecule has 0 unspecified atom stereocenters. The van der Waals surface area contributed by atoms with Crippen molar-refractivity contribution in [2.24, 2.45) is 0 Å². The Labute approximate surface area is 157 Å². The van der Waals surface area contributed by atoms with Gasteiger partial charge in [-0.25, -0.2) is 0 Å². The van der Waals surface area contributed by atoms with Crippen LogP contribution >= 0.6 is 0 Å². The monoisotopic (exact) mass is 362 g/mol. The Kier molecular flexibility index (Phi) is 3.79. The van der Waals surface area contributed by atoms with Crippen molar-refractivity contribution in [3.8, 4) is 0 Å². The van der Waals surface area contributed by atoms with E-state index < -0.39 is 11.6 Å². The summed E-state index contributed by atoms with van der Waals surface area (Å²) in [5, 5.41) is 13.2. The third-order valence-corrected chi connectivity index (χ3v) is 6.25. The minimum absolute atomic E-state index is 0.0664. The normalized spacial score (nSPS) is 24.4. The molecule has 0 bridgehead atoms. The van der Waals surface area contributed by atoms with Gasteiger partial charge in [0, 0.05) is 53.1 Å². The highest BCUT2D eigenvalue weighted by molar-refractivity contribution is 5.86. The van der Waals surface area contributed by atoms with Crippen molar-refractivity contribution in [3.63, 3.8) is 0 Å². The van der Waals surface area contributed by atoms with Gasteiger partial charge in [-0.15, -0.1) is 0 Å². The predicted molar refractivity (Wildman–Crippen MR) is 103 cm³/mol. The number of nitrogens with zero attached hydrogens (tertiary/aromatic N) is 2. The van der Waals surface area contributed by atoms with E-state index in [0.29, 0.717) is 19.4 Å². The SMILES string of the molecule is O=[N+]([O-])[C@]12CCCO[C@H]1c1c(n(Cc3ccccc3)c3ccccc13)CC2. The number of rotatable bonds is 3. The van der Waals surface area contributed by atoms with Crippen LogP contribution in [0.4, 0.5) is 0 Å². The molecule has 0 amide bonds. The fourth-order valence-electron chi connectivity index (χ4n) is 4.98. The van der Waals surface area contributed by atoms with E-state index in [4.69, 9.17) is 4.74 Å². The van der Waals surface area contributed by atoms with Crippen LogP contribution in [0.1, 0.15) is 42.2 Å². The third kappa shape index (κ3) is 2.42. The van der Waals surface area contributed by atoms with Gasteiger partial charge in [0.05, 0.1) is 0 Å². The number of aromatic nitrogens is 1. The maximum atomic E-state index is 12.1. The molecule has 5 rings (SSSR count). The Bertz CT molecular complexity index is 1010. The molecule has 0 saturated carbocycles. The second-order valence-electron chi connectivity index (χ2n) is 7.66. The fourth-order valence-corrected chi connectivity index (χ4v) is 4.98. The molecular formula is C22H22N2O3. The lowest BCUT2D eigenvalue weighted by molar-refractivity contribution is -0.594. The van der Waals surface area contributed by atoms with E-state index in [1.165, 1.54) is 11.3 Å². The average molecular weight is 362 g/mol. The van der Waals surface area contributed by atoms with Crippen LogP contribution in [0.2, 0.25) is 0 Å². The highest BCUT2D eigenvalue weighted by Gasteiger charge is 2.57. The second-order valence-corrected chi connectivity index (χ2v) is 7.66. The molecule has 138 valence electrons. The molecule has 3 aromatic rings. The van der Waals surface area contributed by atoms with E-state index in [9.17, 15) is 10.1 Å². The predicted octanol–water partition coefficient (Wildman–Crippen LogP) is 4.50. The summed E-state index contributed by atoms with van der Waals surface area (Å²) >= 11 is 0. The number of para-hydroxylation sites is 1. The topological polar surface area (TPSA) is 57.3 Å². The van der Waals surface area contributed by atoms with Crippen LogP contribution < -0.4 is 0 Å². The smallest absolute Gasteiger partial charge is 0.252 e. The second kappa shape index (κ2) is 6.20. The van der Waals surface area contributed by atoms with Crippen LogP contribution in [-0.2, 0) is 17.7 Å². The minimum Gasteiger partial charge on any atom is -0.366 e. The van der Waals surface area contributed by atoms with Crippen LogP contribution in [0.15, 0.2) is 54.6 Å². The Morgan fingerprint density at radius 1 is 1.11 bits per heavy atom. The standard InChI is InChI=1S/C22H22N2O3/c25-24(26)22-12-6-14-27-21(22)20-17-9-4-5-10-18(17)23(19(20)11-13-22)15-16-7-2-1-3-8-16/h1-5,7-10,21H,6,11-15H2/t21-,22-/m0/s1. The lowest BCUT2D eigenvalue weighted by Crippen LogP contribution is -2.51. The number of ether oxygens (including phenoxy) is 1. The van der Waals surface area contributed by atoms with E-state index in [1.54, 1.807) is 0 Å². The van der Waals surface area contributed by atoms with Gasteiger partial charge in [0.2, 0.25) is 0 Å². The molecule has 0 radical (unpaired) electrons. The van der Waals surface area contributed by atoms with Gasteiger partial charge >= 0.3 is 0 Å². The van der Waals surface area contributed by atoms with Crippen LogP contribution in [0.5, 0.6) is 0 Å². The molecule has 2 atom stereocenters. The average Bonchev–Trinajstić information content (AvgIpc) is 3.03. The molecule has 0 spiro atoms. The van der Waals surface area contributed by atoms with Gasteiger partial charge in [-0.3, -0.25) is 10.1 Å². The summed E-state index contributed by atoms with van der Waals surface area (Å²) in [6, 6.07) is 18.6. The van der Waals surface area contributed by atoms with E-state index in [0.717, 1.165) is 35.9 Å². The van der Waals surface area contributed by atoms with Crippen LogP contribution in [0.25, 0.3) is 10.9 Å². The molecule has 5 heteroatoms. The van der Waals surface area contributed by atoms with Crippen LogP contribution in [0.3, 0.4) is 0 Å². The highest BCUT2D eigenvalue weighted by atomic mass is 16.6. The Balaban J connectivity index is 1.71. The molecule has 2 heterocycles. The van der Waals surface area contributed by atoms with E-state index in [-0.39, 0.29) is 4.92 Å². The molecule has 0 N–H and O–H groups in total. The van der Waals surface area contributed by atoms with Crippen molar-refractivity contribution in [1.82, 2.24) is 4.57 Å². The number of benzene rings is 2. The number of nitro groups is 1. The molecule has 2 aromatic carbocycles. The van der Waals surface area contributed by atoms with Crippen molar-refractivity contribution >= 4 is 10.9 Å². The fraction of sp³-hybridized carbons (Fsp3) is 0.364. The summed E-state index contributed by atoms with van der Waals surface area (Å²) in [5.41, 5.74) is 3.64. The molecule has 5 nitrogen and oxygen atoms in total. The summed E-state index contributed by atoms with van der Waals surface area (Å²) in [5.74, 6) is 0. The highest BCUT2D eigenvalue weighted by Crippen LogP contribution is 2.50. The molecule has 27 heavy (non-hydrogen) atoms. The molecular weight excluding hydrogens is 340 g/mol. The number of hydrogen-bond acceptors (Lipinski definition) is 3. The molecule has 1 aromatic heterocycles. The third-order valence-electron chi connectivity index (χ3n) is 6.25. The zero-order valence-electron chi connectivity index (χ0n) is 15.1. The first-order valence-corrected chi connectivity index (χ1v) is 9.61. The molecule has 2 aliphatic rings. The van der Waals surface area contributed by atoms with Gasteiger partial charge in [0.15, 0.2) is 6.10 Å². The van der Waals surface area contributed by atoms with Gasteiger partial charge in [0.1, 0.15) is 0 Å². The summed E-state index contributed by atoms with van der Waals surface area (Å²) in [6.07, 6.45) is 2.17. The largest absolute Gasteiger partial charge is 0.366 e. The lowest BCUT2D eigenvalue weighted by Gasteiger charge is -2.40. The maximum absolute atomic E-state index is 12.1. The van der Waals surface area contributed by atoms with Crippen molar-refractivity contribution in [1.29, 1.82) is 0 Å². The summed E-state index contributed by atoms with van der Waals surface area (Å²) in [7, 11) is 0. The van der Waals surface area contributed by atoms with Crippen molar-refractivity contribution in [3.05, 3.63) is 81.5 Å². The maximum Gasteiger partial charge on any atom is 0.252 e. The first kappa shape index (κ1) is 16.5. The summed E-state index contributed by atoms with van der Waals surface area (Å²) in [6.45, 7) is 1.37.